The van der Waals surface area contributed by atoms with Gasteiger partial charge in [0.15, 0.2) is 0 Å². The lowest BCUT2D eigenvalue weighted by atomic mass is 10.1. The summed E-state index contributed by atoms with van der Waals surface area (Å²) in [6.45, 7) is 2.06. The summed E-state index contributed by atoms with van der Waals surface area (Å²) < 4.78 is 0. The first-order chi connectivity index (χ1) is 12.5. The molecule has 2 atom stereocenters. The summed E-state index contributed by atoms with van der Waals surface area (Å²) in [6, 6.07) is 16.5. The predicted octanol–water partition coefficient (Wildman–Crippen LogP) is 3.07. The van der Waals surface area contributed by atoms with Crippen molar-refractivity contribution < 1.29 is 4.79 Å². The standard InChI is InChI=1S/C20H22N4OS/c1-13-5-4-6-15(11-13)18-21-22-20-24(18)19(25)17(26-20)12-14-7-9-16(10-8-14)23(2)3/h4-12,18,20-22H,1-3H3. The van der Waals surface area contributed by atoms with Crippen molar-refractivity contribution in [1.29, 1.82) is 0 Å². The monoisotopic (exact) mass is 366 g/mol. The molecule has 2 aromatic carbocycles. The predicted molar refractivity (Wildman–Crippen MR) is 107 cm³/mol. The minimum absolute atomic E-state index is 0.0562. The molecule has 2 aromatic rings. The lowest BCUT2D eigenvalue weighted by molar-refractivity contribution is -0.127. The molecule has 6 heteroatoms. The summed E-state index contributed by atoms with van der Waals surface area (Å²) in [6.07, 6.45) is 1.82. The molecular weight excluding hydrogens is 344 g/mol. The van der Waals surface area contributed by atoms with Gasteiger partial charge in [-0.2, -0.15) is 0 Å². The van der Waals surface area contributed by atoms with Crippen LogP contribution in [0.15, 0.2) is 53.4 Å². The minimum atomic E-state index is -0.151. The normalized spacial score (nSPS) is 23.6. The summed E-state index contributed by atoms with van der Waals surface area (Å²) in [5, 5.41) is 0. The fourth-order valence-corrected chi connectivity index (χ4v) is 4.34. The highest BCUT2D eigenvalue weighted by Crippen LogP contribution is 2.41. The second-order valence-corrected chi connectivity index (χ2v) is 7.90. The van der Waals surface area contributed by atoms with E-state index in [-0.39, 0.29) is 17.6 Å². The third kappa shape index (κ3) is 3.11. The van der Waals surface area contributed by atoms with E-state index >= 15 is 0 Å². The van der Waals surface area contributed by atoms with Gasteiger partial charge in [0.25, 0.3) is 5.91 Å². The van der Waals surface area contributed by atoms with E-state index in [4.69, 9.17) is 0 Å². The van der Waals surface area contributed by atoms with Crippen LogP contribution in [-0.4, -0.2) is 30.4 Å². The van der Waals surface area contributed by atoms with Crippen LogP contribution in [0.4, 0.5) is 5.69 Å². The Kier molecular flexibility index (Phi) is 4.48. The number of carbonyl (C=O) groups excluding carboxylic acids is 1. The molecular formula is C20H22N4OS. The topological polar surface area (TPSA) is 47.6 Å². The van der Waals surface area contributed by atoms with E-state index in [0.717, 1.165) is 21.7 Å². The molecule has 2 aliphatic rings. The molecule has 134 valence electrons. The SMILES string of the molecule is Cc1cccc(C2NNC3SC(=Cc4ccc(N(C)C)cc4)C(=O)N32)c1. The van der Waals surface area contributed by atoms with Crippen LogP contribution in [0.5, 0.6) is 0 Å². The number of benzene rings is 2. The van der Waals surface area contributed by atoms with Gasteiger partial charge in [-0.3, -0.25) is 9.69 Å². The summed E-state index contributed by atoms with van der Waals surface area (Å²) in [7, 11) is 4.03. The van der Waals surface area contributed by atoms with Gasteiger partial charge < -0.3 is 4.90 Å². The Morgan fingerprint density at radius 3 is 2.58 bits per heavy atom. The third-order valence-electron chi connectivity index (χ3n) is 4.62. The van der Waals surface area contributed by atoms with Crippen molar-refractivity contribution in [2.24, 2.45) is 0 Å². The first-order valence-corrected chi connectivity index (χ1v) is 9.47. The van der Waals surface area contributed by atoms with E-state index in [2.05, 4.69) is 46.9 Å². The molecule has 0 radical (unpaired) electrons. The highest BCUT2D eigenvalue weighted by molar-refractivity contribution is 8.05. The van der Waals surface area contributed by atoms with Crippen LogP contribution in [0.25, 0.3) is 6.08 Å². The number of carbonyl (C=O) groups is 1. The smallest absolute Gasteiger partial charge is 0.263 e. The molecule has 0 saturated carbocycles. The van der Waals surface area contributed by atoms with Gasteiger partial charge in [0.05, 0.1) is 4.91 Å². The number of hydrogen-bond donors (Lipinski definition) is 2. The van der Waals surface area contributed by atoms with Gasteiger partial charge in [-0.25, -0.2) is 10.9 Å². The molecule has 0 aliphatic carbocycles. The molecule has 2 heterocycles. The average molecular weight is 366 g/mol. The molecule has 1 amide bonds. The Balaban J connectivity index is 1.58. The lowest BCUT2D eigenvalue weighted by Crippen LogP contribution is -2.32. The van der Waals surface area contributed by atoms with Crippen LogP contribution >= 0.6 is 11.8 Å². The lowest BCUT2D eigenvalue weighted by Gasteiger charge is -2.21. The second-order valence-electron chi connectivity index (χ2n) is 6.78. The van der Waals surface area contributed by atoms with Crippen molar-refractivity contribution >= 4 is 29.4 Å². The van der Waals surface area contributed by atoms with Gasteiger partial charge in [-0.05, 0) is 36.3 Å². The first-order valence-electron chi connectivity index (χ1n) is 8.59. The molecule has 2 unspecified atom stereocenters. The molecule has 4 rings (SSSR count). The number of rotatable bonds is 3. The van der Waals surface area contributed by atoms with Crippen molar-refractivity contribution in [1.82, 2.24) is 15.8 Å². The van der Waals surface area contributed by atoms with Crippen molar-refractivity contribution in [3.05, 3.63) is 70.1 Å². The van der Waals surface area contributed by atoms with E-state index in [1.54, 1.807) is 11.8 Å². The number of hydrogen-bond acceptors (Lipinski definition) is 5. The fraction of sp³-hybridized carbons (Fsp3) is 0.250. The zero-order valence-corrected chi connectivity index (χ0v) is 15.9. The maximum Gasteiger partial charge on any atom is 0.263 e. The van der Waals surface area contributed by atoms with Crippen molar-refractivity contribution in [2.45, 2.75) is 18.6 Å². The molecule has 5 nitrogen and oxygen atoms in total. The summed E-state index contributed by atoms with van der Waals surface area (Å²) >= 11 is 1.55. The van der Waals surface area contributed by atoms with Crippen LogP contribution in [-0.2, 0) is 4.79 Å². The number of amides is 1. The zero-order valence-electron chi connectivity index (χ0n) is 15.1. The maximum absolute atomic E-state index is 13.0. The zero-order chi connectivity index (χ0) is 18.3. The number of hydrazine groups is 1. The molecule has 2 aliphatic heterocycles. The Bertz CT molecular complexity index is 862. The van der Waals surface area contributed by atoms with Crippen LogP contribution in [0, 0.1) is 6.92 Å². The van der Waals surface area contributed by atoms with Crippen LogP contribution in [0.3, 0.4) is 0 Å². The quantitative estimate of drug-likeness (QED) is 0.818. The summed E-state index contributed by atoms with van der Waals surface area (Å²) in [5.74, 6) is 0.0562. The number of thioether (sulfide) groups is 1. The fourth-order valence-electron chi connectivity index (χ4n) is 3.23. The Morgan fingerprint density at radius 1 is 1.12 bits per heavy atom. The van der Waals surface area contributed by atoms with Crippen molar-refractivity contribution in [2.75, 3.05) is 19.0 Å². The van der Waals surface area contributed by atoms with Gasteiger partial charge in [0.1, 0.15) is 11.7 Å². The number of fused-ring (bicyclic) bond motifs is 1. The van der Waals surface area contributed by atoms with Crippen LogP contribution < -0.4 is 15.8 Å². The molecule has 0 bridgehead atoms. The van der Waals surface area contributed by atoms with E-state index in [1.165, 1.54) is 5.56 Å². The summed E-state index contributed by atoms with van der Waals surface area (Å²) in [5.41, 5.74) is 10.8. The average Bonchev–Trinajstić information content (AvgIpc) is 3.16. The van der Waals surface area contributed by atoms with Gasteiger partial charge in [0.2, 0.25) is 0 Å². The van der Waals surface area contributed by atoms with Gasteiger partial charge in [-0.15, -0.1) is 0 Å². The second kappa shape index (κ2) is 6.79. The van der Waals surface area contributed by atoms with Gasteiger partial charge in [0, 0.05) is 19.8 Å². The Labute approximate surface area is 158 Å². The van der Waals surface area contributed by atoms with Gasteiger partial charge >= 0.3 is 0 Å². The van der Waals surface area contributed by atoms with E-state index in [0.29, 0.717) is 0 Å². The number of aryl methyl sites for hydroxylation is 1. The molecule has 0 aromatic heterocycles. The molecule has 2 N–H and O–H groups in total. The van der Waals surface area contributed by atoms with Crippen LogP contribution in [0.1, 0.15) is 22.9 Å². The minimum Gasteiger partial charge on any atom is -0.378 e. The number of nitrogens with one attached hydrogen (secondary N) is 2. The van der Waals surface area contributed by atoms with Crippen LogP contribution in [0.2, 0.25) is 0 Å². The summed E-state index contributed by atoms with van der Waals surface area (Å²) in [4.78, 5) is 17.7. The van der Waals surface area contributed by atoms with Crippen molar-refractivity contribution in [3.63, 3.8) is 0 Å². The molecule has 26 heavy (non-hydrogen) atoms. The number of anilines is 1. The van der Waals surface area contributed by atoms with E-state index in [9.17, 15) is 4.79 Å². The molecule has 0 spiro atoms. The highest BCUT2D eigenvalue weighted by atomic mass is 32.2. The highest BCUT2D eigenvalue weighted by Gasteiger charge is 2.45. The largest absolute Gasteiger partial charge is 0.378 e. The first kappa shape index (κ1) is 17.1. The Hall–Kier alpha value is -2.28. The van der Waals surface area contributed by atoms with Crippen molar-refractivity contribution in [3.8, 4) is 0 Å². The third-order valence-corrected chi connectivity index (χ3v) is 5.74. The molecule has 2 fully saturated rings. The Morgan fingerprint density at radius 2 is 1.88 bits per heavy atom. The van der Waals surface area contributed by atoms with E-state index in [1.807, 2.05) is 49.3 Å². The number of nitrogens with zero attached hydrogens (tertiary/aromatic N) is 2. The van der Waals surface area contributed by atoms with Gasteiger partial charge in [-0.1, -0.05) is 53.7 Å². The van der Waals surface area contributed by atoms with E-state index < -0.39 is 0 Å². The maximum atomic E-state index is 13.0. The molecule has 2 saturated heterocycles.